The van der Waals surface area contributed by atoms with Crippen LogP contribution < -0.4 is 10.6 Å². The Morgan fingerprint density at radius 1 is 1.12 bits per heavy atom. The number of benzene rings is 1. The maximum absolute atomic E-state index is 12.8. The maximum atomic E-state index is 12.8. The summed E-state index contributed by atoms with van der Waals surface area (Å²) in [7, 11) is 0. The van der Waals surface area contributed by atoms with Crippen molar-refractivity contribution >= 4 is 23.4 Å². The Hall–Kier alpha value is -2.45. The fourth-order valence-corrected chi connectivity index (χ4v) is 5.73. The van der Waals surface area contributed by atoms with Gasteiger partial charge in [-0.1, -0.05) is 36.6 Å². The number of rotatable bonds is 6. The molecule has 1 aromatic heterocycles. The van der Waals surface area contributed by atoms with Gasteiger partial charge in [-0.3, -0.25) is 14.9 Å². The SMILES string of the molecule is O=C1NC(CCCC(=O)N2CCC(c3nnc(-c4ccccc4Cl)o3)CC2)NC2CCCCC12. The van der Waals surface area contributed by atoms with Crippen LogP contribution in [-0.4, -0.2) is 52.2 Å². The van der Waals surface area contributed by atoms with Crippen LogP contribution in [0.3, 0.4) is 0 Å². The molecule has 3 atom stereocenters. The summed E-state index contributed by atoms with van der Waals surface area (Å²) in [5.41, 5.74) is 0.734. The van der Waals surface area contributed by atoms with Gasteiger partial charge in [-0.15, -0.1) is 10.2 Å². The Bertz CT molecular complexity index is 1020. The fraction of sp³-hybridized carbons (Fsp3) is 0.600. The molecular weight excluding hydrogens is 454 g/mol. The first kappa shape index (κ1) is 23.3. The summed E-state index contributed by atoms with van der Waals surface area (Å²) < 4.78 is 5.91. The van der Waals surface area contributed by atoms with Gasteiger partial charge in [0.1, 0.15) is 0 Å². The number of nitrogens with zero attached hydrogens (tertiary/aromatic N) is 3. The van der Waals surface area contributed by atoms with Crippen LogP contribution in [-0.2, 0) is 9.59 Å². The van der Waals surface area contributed by atoms with Crippen LogP contribution in [0.15, 0.2) is 28.7 Å². The molecule has 2 aromatic rings. The lowest BCUT2D eigenvalue weighted by Crippen LogP contribution is -2.62. The molecule has 182 valence electrons. The molecule has 0 bridgehead atoms. The molecule has 9 heteroatoms. The number of nitrogens with one attached hydrogen (secondary N) is 2. The minimum absolute atomic E-state index is 0.0183. The van der Waals surface area contributed by atoms with Gasteiger partial charge in [0.2, 0.25) is 23.6 Å². The molecule has 3 fully saturated rings. The summed E-state index contributed by atoms with van der Waals surface area (Å²) in [6.45, 7) is 1.38. The maximum Gasteiger partial charge on any atom is 0.249 e. The van der Waals surface area contributed by atoms with E-state index in [1.165, 1.54) is 6.42 Å². The van der Waals surface area contributed by atoms with Gasteiger partial charge in [0.05, 0.1) is 22.7 Å². The lowest BCUT2D eigenvalue weighted by Gasteiger charge is -2.40. The molecule has 2 saturated heterocycles. The lowest BCUT2D eigenvalue weighted by atomic mass is 9.82. The first-order valence-electron chi connectivity index (χ1n) is 12.5. The van der Waals surface area contributed by atoms with Crippen molar-refractivity contribution in [3.63, 3.8) is 0 Å². The average molecular weight is 486 g/mol. The summed E-state index contributed by atoms with van der Waals surface area (Å²) >= 11 is 6.24. The Morgan fingerprint density at radius 3 is 2.74 bits per heavy atom. The van der Waals surface area contributed by atoms with Crippen molar-refractivity contribution in [3.8, 4) is 11.5 Å². The van der Waals surface area contributed by atoms with Crippen molar-refractivity contribution in [3.05, 3.63) is 35.2 Å². The van der Waals surface area contributed by atoms with E-state index in [-0.39, 0.29) is 29.8 Å². The van der Waals surface area contributed by atoms with E-state index in [0.29, 0.717) is 42.4 Å². The standard InChI is InChI=1S/C25H32ClN5O3/c26-19-8-3-1-6-17(19)25-30-29-24(34-25)16-12-14-31(15-13-16)22(32)11-5-10-21-27-20-9-4-2-7-18(20)23(33)28-21/h1,3,6,8,16,18,20-21,27H,2,4-5,7,9-15H2,(H,28,33). The molecule has 3 aliphatic rings. The number of amides is 2. The number of fused-ring (bicyclic) bond motifs is 1. The summed E-state index contributed by atoms with van der Waals surface area (Å²) in [6, 6.07) is 7.72. The van der Waals surface area contributed by atoms with E-state index in [0.717, 1.165) is 50.5 Å². The number of hydrogen-bond donors (Lipinski definition) is 2. The number of carbonyl (C=O) groups excluding carboxylic acids is 2. The molecule has 2 aliphatic heterocycles. The minimum atomic E-state index is -0.0183. The van der Waals surface area contributed by atoms with Crippen molar-refractivity contribution in [1.82, 2.24) is 25.7 Å². The monoisotopic (exact) mass is 485 g/mol. The first-order valence-corrected chi connectivity index (χ1v) is 12.9. The number of halogens is 1. The Labute approximate surface area is 204 Å². The molecular formula is C25H32ClN5O3. The van der Waals surface area contributed by atoms with Crippen LogP contribution in [0.5, 0.6) is 0 Å². The van der Waals surface area contributed by atoms with Gasteiger partial charge >= 0.3 is 0 Å². The predicted octanol–water partition coefficient (Wildman–Crippen LogP) is 3.87. The first-order chi connectivity index (χ1) is 16.6. The van der Waals surface area contributed by atoms with Crippen LogP contribution in [0.25, 0.3) is 11.5 Å². The predicted molar refractivity (Wildman–Crippen MR) is 128 cm³/mol. The second kappa shape index (κ2) is 10.4. The zero-order valence-electron chi connectivity index (χ0n) is 19.3. The van der Waals surface area contributed by atoms with Gasteiger partial charge in [-0.05, 0) is 50.7 Å². The zero-order chi connectivity index (χ0) is 23.5. The molecule has 3 unspecified atom stereocenters. The van der Waals surface area contributed by atoms with E-state index in [1.807, 2.05) is 23.1 Å². The minimum Gasteiger partial charge on any atom is -0.420 e. The Morgan fingerprint density at radius 2 is 1.91 bits per heavy atom. The van der Waals surface area contributed by atoms with E-state index in [4.69, 9.17) is 16.0 Å². The number of carbonyl (C=O) groups is 2. The van der Waals surface area contributed by atoms with Crippen molar-refractivity contribution < 1.29 is 14.0 Å². The average Bonchev–Trinajstić information content (AvgIpc) is 3.34. The quantitative estimate of drug-likeness (QED) is 0.644. The molecule has 8 nitrogen and oxygen atoms in total. The molecule has 2 N–H and O–H groups in total. The van der Waals surface area contributed by atoms with Gasteiger partial charge in [0.15, 0.2) is 0 Å². The summed E-state index contributed by atoms with van der Waals surface area (Å²) in [4.78, 5) is 27.1. The largest absolute Gasteiger partial charge is 0.420 e. The molecule has 1 aromatic carbocycles. The lowest BCUT2D eigenvalue weighted by molar-refractivity contribution is -0.132. The highest BCUT2D eigenvalue weighted by Crippen LogP contribution is 2.32. The van der Waals surface area contributed by atoms with Gasteiger partial charge in [-0.25, -0.2) is 0 Å². The van der Waals surface area contributed by atoms with Crippen molar-refractivity contribution in [2.24, 2.45) is 5.92 Å². The Kier molecular flexibility index (Phi) is 7.15. The number of likely N-dealkylation sites (tertiary alicyclic amines) is 1. The third-order valence-corrected chi connectivity index (χ3v) is 7.79. The number of aromatic nitrogens is 2. The zero-order valence-corrected chi connectivity index (χ0v) is 20.1. The molecule has 5 rings (SSSR count). The number of hydrogen-bond acceptors (Lipinski definition) is 6. The third kappa shape index (κ3) is 5.13. The highest BCUT2D eigenvalue weighted by atomic mass is 35.5. The fourth-order valence-electron chi connectivity index (χ4n) is 5.51. The summed E-state index contributed by atoms with van der Waals surface area (Å²) in [6.07, 6.45) is 8.02. The molecule has 0 spiro atoms. The molecule has 2 amide bonds. The van der Waals surface area contributed by atoms with Crippen molar-refractivity contribution in [2.45, 2.75) is 75.9 Å². The van der Waals surface area contributed by atoms with E-state index in [2.05, 4.69) is 20.8 Å². The highest BCUT2D eigenvalue weighted by Gasteiger charge is 2.37. The van der Waals surface area contributed by atoms with Gasteiger partial charge in [0.25, 0.3) is 0 Å². The second-order valence-electron chi connectivity index (χ2n) is 9.70. The molecule has 1 saturated carbocycles. The van der Waals surface area contributed by atoms with E-state index >= 15 is 0 Å². The smallest absolute Gasteiger partial charge is 0.249 e. The molecule has 0 radical (unpaired) electrons. The van der Waals surface area contributed by atoms with Crippen LogP contribution in [0.2, 0.25) is 5.02 Å². The van der Waals surface area contributed by atoms with Gasteiger partial charge < -0.3 is 14.6 Å². The highest BCUT2D eigenvalue weighted by molar-refractivity contribution is 6.33. The van der Waals surface area contributed by atoms with E-state index in [1.54, 1.807) is 6.07 Å². The van der Waals surface area contributed by atoms with Crippen LogP contribution in [0, 0.1) is 5.92 Å². The van der Waals surface area contributed by atoms with E-state index in [9.17, 15) is 9.59 Å². The second-order valence-corrected chi connectivity index (χ2v) is 10.1. The van der Waals surface area contributed by atoms with Crippen molar-refractivity contribution in [1.29, 1.82) is 0 Å². The molecule has 34 heavy (non-hydrogen) atoms. The molecule has 1 aliphatic carbocycles. The topological polar surface area (TPSA) is 100 Å². The third-order valence-electron chi connectivity index (χ3n) is 7.46. The van der Waals surface area contributed by atoms with Crippen molar-refractivity contribution in [2.75, 3.05) is 13.1 Å². The van der Waals surface area contributed by atoms with Crippen LogP contribution in [0.1, 0.15) is 69.6 Å². The van der Waals surface area contributed by atoms with E-state index < -0.39 is 0 Å². The van der Waals surface area contributed by atoms with Gasteiger partial charge in [-0.2, -0.15) is 0 Å². The van der Waals surface area contributed by atoms with Crippen LogP contribution in [0.4, 0.5) is 0 Å². The molecule has 3 heterocycles. The van der Waals surface area contributed by atoms with Crippen LogP contribution >= 0.6 is 11.6 Å². The Balaban J connectivity index is 1.06. The summed E-state index contributed by atoms with van der Waals surface area (Å²) in [5.74, 6) is 1.67. The summed E-state index contributed by atoms with van der Waals surface area (Å²) in [5, 5.41) is 15.7. The normalized spacial score (nSPS) is 25.6. The van der Waals surface area contributed by atoms with Gasteiger partial charge in [0, 0.05) is 31.5 Å². The number of piperidine rings is 1.